The van der Waals surface area contributed by atoms with Crippen molar-refractivity contribution in [3.8, 4) is 6.07 Å². The standard InChI is InChI=1S/C15H18F2N2S/c1-2-19-15(10-18)7-3-4-12(9-15)20-11-5-6-13(16)14(17)8-11/h5-6,8,12,19H,2-4,7,9H2,1H3. The fourth-order valence-corrected chi connectivity index (χ4v) is 4.06. The van der Waals surface area contributed by atoms with E-state index in [2.05, 4.69) is 11.4 Å². The Balaban J connectivity index is 2.06. The molecule has 20 heavy (non-hydrogen) atoms. The van der Waals surface area contributed by atoms with Gasteiger partial charge in [-0.15, -0.1) is 11.8 Å². The number of hydrogen-bond acceptors (Lipinski definition) is 3. The maximum Gasteiger partial charge on any atom is 0.159 e. The van der Waals surface area contributed by atoms with Crippen LogP contribution in [0, 0.1) is 23.0 Å². The zero-order valence-corrected chi connectivity index (χ0v) is 12.3. The van der Waals surface area contributed by atoms with E-state index in [0.29, 0.717) is 0 Å². The van der Waals surface area contributed by atoms with Crippen LogP contribution < -0.4 is 5.32 Å². The highest BCUT2D eigenvalue weighted by Gasteiger charge is 2.36. The summed E-state index contributed by atoms with van der Waals surface area (Å²) in [6.45, 7) is 2.75. The van der Waals surface area contributed by atoms with Crippen LogP contribution in [0.2, 0.25) is 0 Å². The molecule has 0 bridgehead atoms. The van der Waals surface area contributed by atoms with Crippen LogP contribution >= 0.6 is 11.8 Å². The zero-order valence-electron chi connectivity index (χ0n) is 11.5. The van der Waals surface area contributed by atoms with Gasteiger partial charge in [0.2, 0.25) is 0 Å². The molecule has 1 aromatic carbocycles. The fourth-order valence-electron chi connectivity index (χ4n) is 2.71. The molecule has 0 saturated heterocycles. The number of rotatable bonds is 4. The van der Waals surface area contributed by atoms with E-state index in [1.807, 2.05) is 6.92 Å². The highest BCUT2D eigenvalue weighted by Crippen LogP contribution is 2.38. The Kier molecular flexibility index (Phi) is 5.00. The number of nitriles is 1. The van der Waals surface area contributed by atoms with E-state index in [-0.39, 0.29) is 5.25 Å². The maximum absolute atomic E-state index is 13.2. The molecule has 1 saturated carbocycles. The van der Waals surface area contributed by atoms with Gasteiger partial charge in [-0.2, -0.15) is 5.26 Å². The topological polar surface area (TPSA) is 35.8 Å². The summed E-state index contributed by atoms with van der Waals surface area (Å²) in [5, 5.41) is 12.9. The van der Waals surface area contributed by atoms with Crippen molar-refractivity contribution in [3.63, 3.8) is 0 Å². The van der Waals surface area contributed by atoms with Gasteiger partial charge in [0.1, 0.15) is 5.54 Å². The summed E-state index contributed by atoms with van der Waals surface area (Å²) >= 11 is 1.53. The predicted octanol–water partition coefficient (Wildman–Crippen LogP) is 3.87. The van der Waals surface area contributed by atoms with Crippen molar-refractivity contribution in [1.29, 1.82) is 5.26 Å². The molecule has 0 aliphatic heterocycles. The largest absolute Gasteiger partial charge is 0.300 e. The molecular weight excluding hydrogens is 278 g/mol. The Morgan fingerprint density at radius 3 is 2.90 bits per heavy atom. The van der Waals surface area contributed by atoms with Crippen LogP contribution in [0.25, 0.3) is 0 Å². The summed E-state index contributed by atoms with van der Waals surface area (Å²) in [6.07, 6.45) is 3.56. The van der Waals surface area contributed by atoms with Gasteiger partial charge in [-0.25, -0.2) is 8.78 Å². The first-order valence-corrected chi connectivity index (χ1v) is 7.74. The third-order valence-corrected chi connectivity index (χ3v) is 4.89. The average molecular weight is 296 g/mol. The molecule has 2 atom stereocenters. The van der Waals surface area contributed by atoms with E-state index in [4.69, 9.17) is 0 Å². The second kappa shape index (κ2) is 6.55. The maximum atomic E-state index is 13.2. The minimum atomic E-state index is -0.822. The summed E-state index contributed by atoms with van der Waals surface area (Å²) in [5.74, 6) is -1.64. The molecular formula is C15H18F2N2S. The monoisotopic (exact) mass is 296 g/mol. The molecule has 0 amide bonds. The molecule has 1 aromatic rings. The van der Waals surface area contributed by atoms with Crippen LogP contribution in [0.15, 0.2) is 23.1 Å². The minimum Gasteiger partial charge on any atom is -0.300 e. The summed E-state index contributed by atoms with van der Waals surface area (Å²) in [5.41, 5.74) is -0.469. The van der Waals surface area contributed by atoms with Crippen LogP contribution in [0.4, 0.5) is 8.78 Å². The van der Waals surface area contributed by atoms with E-state index in [9.17, 15) is 14.0 Å². The van der Waals surface area contributed by atoms with Gasteiger partial charge in [-0.1, -0.05) is 6.92 Å². The van der Waals surface area contributed by atoms with E-state index in [1.54, 1.807) is 6.07 Å². The summed E-state index contributed by atoms with van der Waals surface area (Å²) < 4.78 is 26.1. The molecule has 0 radical (unpaired) electrons. The lowest BCUT2D eigenvalue weighted by Crippen LogP contribution is -2.48. The Hall–Kier alpha value is -1.12. The molecule has 1 fully saturated rings. The Morgan fingerprint density at radius 2 is 2.25 bits per heavy atom. The smallest absolute Gasteiger partial charge is 0.159 e. The SMILES string of the molecule is CCNC1(C#N)CCCC(Sc2ccc(F)c(F)c2)C1. The van der Waals surface area contributed by atoms with Crippen LogP contribution in [-0.4, -0.2) is 17.3 Å². The predicted molar refractivity (Wildman–Crippen MR) is 76.5 cm³/mol. The molecule has 2 rings (SSSR count). The van der Waals surface area contributed by atoms with Gasteiger partial charge in [-0.05, 0) is 50.4 Å². The molecule has 108 valence electrons. The third kappa shape index (κ3) is 3.50. The van der Waals surface area contributed by atoms with Crippen molar-refractivity contribution >= 4 is 11.8 Å². The quantitative estimate of drug-likeness (QED) is 0.916. The molecule has 2 nitrogen and oxygen atoms in total. The summed E-state index contributed by atoms with van der Waals surface area (Å²) in [4.78, 5) is 0.721. The summed E-state index contributed by atoms with van der Waals surface area (Å²) in [7, 11) is 0. The molecule has 2 unspecified atom stereocenters. The minimum absolute atomic E-state index is 0.257. The van der Waals surface area contributed by atoms with Gasteiger partial charge >= 0.3 is 0 Å². The van der Waals surface area contributed by atoms with Crippen molar-refractivity contribution in [2.24, 2.45) is 0 Å². The van der Waals surface area contributed by atoms with Gasteiger partial charge in [0, 0.05) is 10.1 Å². The van der Waals surface area contributed by atoms with E-state index >= 15 is 0 Å². The van der Waals surface area contributed by atoms with Gasteiger partial charge in [0.25, 0.3) is 0 Å². The van der Waals surface area contributed by atoms with Crippen LogP contribution in [0.1, 0.15) is 32.6 Å². The molecule has 5 heteroatoms. The first kappa shape index (κ1) is 15.3. The van der Waals surface area contributed by atoms with Gasteiger partial charge in [0.05, 0.1) is 6.07 Å². The van der Waals surface area contributed by atoms with Gasteiger partial charge < -0.3 is 0 Å². The normalized spacial score (nSPS) is 26.2. The average Bonchev–Trinajstić information content (AvgIpc) is 2.44. The lowest BCUT2D eigenvalue weighted by atomic mass is 9.82. The first-order chi connectivity index (χ1) is 9.58. The zero-order chi connectivity index (χ0) is 14.6. The van der Waals surface area contributed by atoms with Gasteiger partial charge in [0.15, 0.2) is 11.6 Å². The van der Waals surface area contributed by atoms with Crippen LogP contribution in [0.5, 0.6) is 0 Å². The number of thioether (sulfide) groups is 1. The second-order valence-corrected chi connectivity index (χ2v) is 6.51. The number of halogens is 2. The van der Waals surface area contributed by atoms with Crippen molar-refractivity contribution in [3.05, 3.63) is 29.8 Å². The second-order valence-electron chi connectivity index (χ2n) is 5.14. The van der Waals surface area contributed by atoms with E-state index < -0.39 is 17.2 Å². The first-order valence-electron chi connectivity index (χ1n) is 6.86. The number of nitrogens with one attached hydrogen (secondary N) is 1. The lowest BCUT2D eigenvalue weighted by molar-refractivity contribution is 0.309. The van der Waals surface area contributed by atoms with E-state index in [1.165, 1.54) is 17.8 Å². The Morgan fingerprint density at radius 1 is 1.45 bits per heavy atom. The fraction of sp³-hybridized carbons (Fsp3) is 0.533. The highest BCUT2D eigenvalue weighted by atomic mass is 32.2. The Bertz CT molecular complexity index is 511. The van der Waals surface area contributed by atoms with Crippen molar-refractivity contribution in [2.75, 3.05) is 6.54 Å². The van der Waals surface area contributed by atoms with Crippen LogP contribution in [-0.2, 0) is 0 Å². The highest BCUT2D eigenvalue weighted by molar-refractivity contribution is 8.00. The molecule has 0 heterocycles. The molecule has 1 N–H and O–H groups in total. The van der Waals surface area contributed by atoms with Gasteiger partial charge in [-0.3, -0.25) is 5.32 Å². The van der Waals surface area contributed by atoms with Crippen molar-refractivity contribution in [2.45, 2.75) is 48.3 Å². The number of nitrogens with zero attached hydrogens (tertiary/aromatic N) is 1. The molecule has 1 aliphatic carbocycles. The number of benzene rings is 1. The number of hydrogen-bond donors (Lipinski definition) is 1. The van der Waals surface area contributed by atoms with E-state index in [0.717, 1.165) is 43.2 Å². The van der Waals surface area contributed by atoms with Crippen molar-refractivity contribution < 1.29 is 8.78 Å². The molecule has 0 spiro atoms. The molecule has 0 aromatic heterocycles. The summed E-state index contributed by atoms with van der Waals surface area (Å²) in [6, 6.07) is 6.38. The lowest BCUT2D eigenvalue weighted by Gasteiger charge is -2.36. The van der Waals surface area contributed by atoms with Crippen LogP contribution in [0.3, 0.4) is 0 Å². The molecule has 1 aliphatic rings. The third-order valence-electron chi connectivity index (χ3n) is 3.63. The van der Waals surface area contributed by atoms with Crippen molar-refractivity contribution in [1.82, 2.24) is 5.32 Å². The Labute approximate surface area is 122 Å².